The van der Waals surface area contributed by atoms with Crippen molar-refractivity contribution >= 4 is 38.5 Å². The van der Waals surface area contributed by atoms with Gasteiger partial charge in [-0.25, -0.2) is 4.98 Å². The van der Waals surface area contributed by atoms with Crippen LogP contribution in [0.15, 0.2) is 24.3 Å². The first-order chi connectivity index (χ1) is 14.1. The second-order valence-corrected chi connectivity index (χ2v) is 10.9. The van der Waals surface area contributed by atoms with E-state index in [1.807, 2.05) is 29.2 Å². The molecule has 4 aliphatic carbocycles. The highest BCUT2D eigenvalue weighted by molar-refractivity contribution is 7.22. The van der Waals surface area contributed by atoms with Gasteiger partial charge < -0.3 is 10.2 Å². The Labute approximate surface area is 174 Å². The van der Waals surface area contributed by atoms with Crippen molar-refractivity contribution in [2.24, 2.45) is 23.2 Å². The fourth-order valence-electron chi connectivity index (χ4n) is 7.07. The molecule has 4 saturated carbocycles. The first-order valence-electron chi connectivity index (χ1n) is 11.1. The van der Waals surface area contributed by atoms with E-state index in [-0.39, 0.29) is 23.3 Å². The maximum Gasteiger partial charge on any atom is 0.248 e. The van der Waals surface area contributed by atoms with E-state index in [4.69, 9.17) is 0 Å². The van der Waals surface area contributed by atoms with Crippen LogP contribution >= 0.6 is 11.3 Å². The standard InChI is InChI=1S/C23H27N3O2S/c27-20(25-22-24-17-4-1-2-6-19(17)29-22)18-5-3-7-26(18)21(28)23-11-14-8-15(12-23)10-16(9-14)13-23/h1-2,4,6,14-16,18H,3,5,7-13H2,(H,24,25,27)/t14?,15?,16?,18-,23?/m0/s1. The smallest absolute Gasteiger partial charge is 0.248 e. The van der Waals surface area contributed by atoms with Gasteiger partial charge in [-0.2, -0.15) is 0 Å². The number of rotatable bonds is 3. The highest BCUT2D eigenvalue weighted by atomic mass is 32.1. The molecule has 6 heteroatoms. The van der Waals surface area contributed by atoms with E-state index >= 15 is 0 Å². The molecule has 2 aromatic rings. The molecule has 29 heavy (non-hydrogen) atoms. The van der Waals surface area contributed by atoms with Gasteiger partial charge in [-0.05, 0) is 81.3 Å². The number of carbonyl (C=O) groups is 2. The summed E-state index contributed by atoms with van der Waals surface area (Å²) in [6.45, 7) is 0.721. The third-order valence-corrected chi connectivity index (χ3v) is 8.78. The lowest BCUT2D eigenvalue weighted by Crippen LogP contribution is -2.56. The molecule has 0 radical (unpaired) electrons. The van der Waals surface area contributed by atoms with Crippen molar-refractivity contribution in [3.63, 3.8) is 0 Å². The van der Waals surface area contributed by atoms with Crippen LogP contribution in [-0.2, 0) is 9.59 Å². The Hall–Kier alpha value is -1.95. The largest absolute Gasteiger partial charge is 0.330 e. The minimum absolute atomic E-state index is 0.0698. The third-order valence-electron chi connectivity index (χ3n) is 7.83. The summed E-state index contributed by atoms with van der Waals surface area (Å²) in [7, 11) is 0. The maximum atomic E-state index is 13.7. The van der Waals surface area contributed by atoms with Crippen molar-refractivity contribution in [3.05, 3.63) is 24.3 Å². The zero-order valence-corrected chi connectivity index (χ0v) is 17.4. The minimum Gasteiger partial charge on any atom is -0.330 e. The van der Waals surface area contributed by atoms with Gasteiger partial charge in [0.1, 0.15) is 6.04 Å². The van der Waals surface area contributed by atoms with E-state index in [0.717, 1.165) is 66.6 Å². The van der Waals surface area contributed by atoms with E-state index < -0.39 is 0 Å². The second kappa shape index (κ2) is 6.53. The normalized spacial score (nSPS) is 35.4. The first kappa shape index (κ1) is 17.9. The molecule has 1 atom stereocenters. The Morgan fingerprint density at radius 3 is 2.45 bits per heavy atom. The number of carbonyl (C=O) groups excluding carboxylic acids is 2. The number of aromatic nitrogens is 1. The molecular weight excluding hydrogens is 382 g/mol. The van der Waals surface area contributed by atoms with Gasteiger partial charge in [0, 0.05) is 6.54 Å². The summed E-state index contributed by atoms with van der Waals surface area (Å²) < 4.78 is 1.07. The van der Waals surface area contributed by atoms with Crippen LogP contribution in [0.5, 0.6) is 0 Å². The number of amides is 2. The molecular formula is C23H27N3O2S. The fourth-order valence-corrected chi connectivity index (χ4v) is 7.94. The molecule has 5 nitrogen and oxygen atoms in total. The zero-order chi connectivity index (χ0) is 19.6. The number of fused-ring (bicyclic) bond motifs is 1. The highest BCUT2D eigenvalue weighted by Crippen LogP contribution is 2.60. The SMILES string of the molecule is O=C(Nc1nc2ccccc2s1)[C@@H]1CCCN1C(=O)C12CC3CC(CC(C3)C1)C2. The van der Waals surface area contributed by atoms with Crippen LogP contribution in [0.25, 0.3) is 10.2 Å². The average molecular weight is 410 g/mol. The third kappa shape index (κ3) is 2.90. The van der Waals surface area contributed by atoms with Crippen LogP contribution in [0.1, 0.15) is 51.4 Å². The number of likely N-dealkylation sites (tertiary alicyclic amines) is 1. The van der Waals surface area contributed by atoms with Crippen LogP contribution in [0.4, 0.5) is 5.13 Å². The number of hydrogen-bond acceptors (Lipinski definition) is 4. The number of hydrogen-bond donors (Lipinski definition) is 1. The molecule has 1 aliphatic heterocycles. The Bertz CT molecular complexity index is 915. The van der Waals surface area contributed by atoms with Crippen molar-refractivity contribution in [2.75, 3.05) is 11.9 Å². The molecule has 5 fully saturated rings. The van der Waals surface area contributed by atoms with Crippen molar-refractivity contribution in [3.8, 4) is 0 Å². The summed E-state index contributed by atoms with van der Waals surface area (Å²) >= 11 is 1.49. The monoisotopic (exact) mass is 409 g/mol. The van der Waals surface area contributed by atoms with Crippen LogP contribution in [0.3, 0.4) is 0 Å². The number of thiazole rings is 1. The van der Waals surface area contributed by atoms with Crippen molar-refractivity contribution in [1.29, 1.82) is 0 Å². The molecule has 152 valence electrons. The lowest BCUT2D eigenvalue weighted by Gasteiger charge is -2.56. The molecule has 4 bridgehead atoms. The first-order valence-corrected chi connectivity index (χ1v) is 11.9. The number of benzene rings is 1. The van der Waals surface area contributed by atoms with Crippen LogP contribution in [0.2, 0.25) is 0 Å². The van der Waals surface area contributed by atoms with Gasteiger partial charge in [-0.15, -0.1) is 0 Å². The summed E-state index contributed by atoms with van der Waals surface area (Å²) in [4.78, 5) is 33.3. The van der Waals surface area contributed by atoms with Gasteiger partial charge in [0.15, 0.2) is 5.13 Å². The summed E-state index contributed by atoms with van der Waals surface area (Å²) in [5, 5.41) is 3.64. The predicted octanol–water partition coefficient (Wildman–Crippen LogP) is 4.44. The number of para-hydroxylation sites is 1. The van der Waals surface area contributed by atoms with E-state index in [1.54, 1.807) is 0 Å². The van der Waals surface area contributed by atoms with E-state index in [0.29, 0.717) is 5.13 Å². The quantitative estimate of drug-likeness (QED) is 0.815. The van der Waals surface area contributed by atoms with E-state index in [2.05, 4.69) is 10.3 Å². The lowest BCUT2D eigenvalue weighted by molar-refractivity contribution is -0.160. The molecule has 1 aromatic carbocycles. The predicted molar refractivity (Wildman–Crippen MR) is 114 cm³/mol. The topological polar surface area (TPSA) is 62.3 Å². The molecule has 2 amide bonds. The van der Waals surface area contributed by atoms with Crippen molar-refractivity contribution in [1.82, 2.24) is 9.88 Å². The molecule has 5 aliphatic rings. The minimum atomic E-state index is -0.345. The van der Waals surface area contributed by atoms with Gasteiger partial charge in [0.05, 0.1) is 15.6 Å². The van der Waals surface area contributed by atoms with Crippen molar-refractivity contribution < 1.29 is 9.59 Å². The molecule has 2 heterocycles. The van der Waals surface area contributed by atoms with Gasteiger partial charge in [-0.1, -0.05) is 23.5 Å². The summed E-state index contributed by atoms with van der Waals surface area (Å²) in [5.74, 6) is 2.42. The van der Waals surface area contributed by atoms with Gasteiger partial charge in [0.2, 0.25) is 11.8 Å². The summed E-state index contributed by atoms with van der Waals surface area (Å²) in [6, 6.07) is 7.56. The maximum absolute atomic E-state index is 13.7. The van der Waals surface area contributed by atoms with E-state index in [1.165, 1.54) is 30.6 Å². The average Bonchev–Trinajstić information content (AvgIpc) is 3.32. The lowest BCUT2D eigenvalue weighted by atomic mass is 9.49. The van der Waals surface area contributed by atoms with Gasteiger partial charge >= 0.3 is 0 Å². The number of anilines is 1. The fraction of sp³-hybridized carbons (Fsp3) is 0.609. The number of nitrogens with zero attached hydrogens (tertiary/aromatic N) is 2. The molecule has 1 aromatic heterocycles. The Morgan fingerprint density at radius 2 is 1.76 bits per heavy atom. The van der Waals surface area contributed by atoms with Crippen molar-refractivity contribution in [2.45, 2.75) is 57.4 Å². The van der Waals surface area contributed by atoms with Crippen LogP contribution < -0.4 is 5.32 Å². The molecule has 1 saturated heterocycles. The van der Waals surface area contributed by atoms with Gasteiger partial charge in [0.25, 0.3) is 0 Å². The Balaban J connectivity index is 1.21. The molecule has 0 spiro atoms. The summed E-state index contributed by atoms with van der Waals surface area (Å²) in [5.41, 5.74) is 0.730. The Morgan fingerprint density at radius 1 is 1.07 bits per heavy atom. The van der Waals surface area contributed by atoms with Crippen LogP contribution in [-0.4, -0.2) is 34.3 Å². The zero-order valence-electron chi connectivity index (χ0n) is 16.6. The van der Waals surface area contributed by atoms with Crippen LogP contribution in [0, 0.1) is 23.2 Å². The van der Waals surface area contributed by atoms with E-state index in [9.17, 15) is 9.59 Å². The molecule has 0 unspecified atom stereocenters. The van der Waals surface area contributed by atoms with Gasteiger partial charge in [-0.3, -0.25) is 9.59 Å². The summed E-state index contributed by atoms with van der Waals surface area (Å²) in [6.07, 6.45) is 8.82. The molecule has 7 rings (SSSR count). The number of nitrogens with one attached hydrogen (secondary N) is 1. The Kier molecular flexibility index (Phi) is 4.02. The highest BCUT2D eigenvalue weighted by Gasteiger charge is 2.56. The molecule has 1 N–H and O–H groups in total. The second-order valence-electron chi connectivity index (χ2n) is 9.83.